The van der Waals surface area contributed by atoms with Gasteiger partial charge in [-0.2, -0.15) is 0 Å². The van der Waals surface area contributed by atoms with E-state index < -0.39 is 6.04 Å². The Kier molecular flexibility index (Phi) is 7.78. The highest BCUT2D eigenvalue weighted by molar-refractivity contribution is 5.97. The molecule has 2 amide bonds. The average Bonchev–Trinajstić information content (AvgIpc) is 2.79. The van der Waals surface area contributed by atoms with Crippen LogP contribution in [-0.2, 0) is 9.59 Å². The van der Waals surface area contributed by atoms with Crippen LogP contribution < -0.4 is 19.7 Å². The van der Waals surface area contributed by atoms with Gasteiger partial charge < -0.3 is 19.7 Å². The van der Waals surface area contributed by atoms with Crippen LogP contribution in [0.2, 0.25) is 0 Å². The first-order valence-corrected chi connectivity index (χ1v) is 11.3. The summed E-state index contributed by atoms with van der Waals surface area (Å²) >= 11 is 0. The maximum Gasteiger partial charge on any atom is 0.227 e. The number of nitrogens with zero attached hydrogens (tertiary/aromatic N) is 1. The van der Waals surface area contributed by atoms with E-state index in [2.05, 4.69) is 12.2 Å². The standard InChI is InChI=1S/C26H34N2O4/c1-6-7-18(3)27-26(30)21-13-15-24(29)28(20-11-8-17(2)9-12-20)25(21)19-10-14-22(31-4)23(16-19)32-5/h8-12,14,16,18,21,25H,6-7,13,15H2,1-5H3,(H,27,30)/t18-,21+,25-/m0/s1. The maximum absolute atomic E-state index is 13.4. The second-order valence-electron chi connectivity index (χ2n) is 8.50. The minimum atomic E-state index is -0.437. The molecule has 1 heterocycles. The van der Waals surface area contributed by atoms with E-state index in [9.17, 15) is 9.59 Å². The second-order valence-corrected chi connectivity index (χ2v) is 8.50. The molecular formula is C26H34N2O4. The molecule has 1 saturated heterocycles. The van der Waals surface area contributed by atoms with Crippen molar-refractivity contribution in [3.63, 3.8) is 0 Å². The van der Waals surface area contributed by atoms with E-state index in [1.165, 1.54) is 0 Å². The third kappa shape index (κ3) is 5.06. The zero-order valence-electron chi connectivity index (χ0n) is 19.7. The van der Waals surface area contributed by atoms with Crippen molar-refractivity contribution in [2.45, 2.75) is 58.5 Å². The number of carbonyl (C=O) groups is 2. The Morgan fingerprint density at radius 1 is 1.12 bits per heavy atom. The monoisotopic (exact) mass is 438 g/mol. The number of nitrogens with one attached hydrogen (secondary N) is 1. The van der Waals surface area contributed by atoms with Crippen molar-refractivity contribution in [1.29, 1.82) is 0 Å². The highest BCUT2D eigenvalue weighted by atomic mass is 16.5. The summed E-state index contributed by atoms with van der Waals surface area (Å²) in [6, 6.07) is 13.1. The SMILES string of the molecule is CCC[C@H](C)NC(=O)[C@@H]1CCC(=O)N(c2ccc(C)cc2)[C@H]1c1ccc(OC)c(OC)c1. The van der Waals surface area contributed by atoms with Crippen molar-refractivity contribution in [2.75, 3.05) is 19.1 Å². The van der Waals surface area contributed by atoms with Gasteiger partial charge in [0.1, 0.15) is 0 Å². The third-order valence-electron chi connectivity index (χ3n) is 6.11. The Morgan fingerprint density at radius 3 is 2.44 bits per heavy atom. The summed E-state index contributed by atoms with van der Waals surface area (Å²) < 4.78 is 10.9. The Labute approximate surface area is 190 Å². The predicted molar refractivity (Wildman–Crippen MR) is 126 cm³/mol. The number of hydrogen-bond donors (Lipinski definition) is 1. The summed E-state index contributed by atoms with van der Waals surface area (Å²) in [5.41, 5.74) is 2.75. The van der Waals surface area contributed by atoms with Gasteiger partial charge in [0.15, 0.2) is 11.5 Å². The molecule has 0 unspecified atom stereocenters. The molecule has 0 aromatic heterocycles. The minimum absolute atomic E-state index is 0.0132. The summed E-state index contributed by atoms with van der Waals surface area (Å²) in [7, 11) is 3.17. The minimum Gasteiger partial charge on any atom is -0.493 e. The van der Waals surface area contributed by atoms with Gasteiger partial charge in [0.05, 0.1) is 26.2 Å². The third-order valence-corrected chi connectivity index (χ3v) is 6.11. The van der Waals surface area contributed by atoms with Crippen LogP contribution in [0.1, 0.15) is 56.7 Å². The van der Waals surface area contributed by atoms with Crippen LogP contribution in [0.15, 0.2) is 42.5 Å². The molecule has 1 fully saturated rings. The van der Waals surface area contributed by atoms with E-state index in [0.29, 0.717) is 24.3 Å². The van der Waals surface area contributed by atoms with Crippen LogP contribution in [0.3, 0.4) is 0 Å². The number of piperidine rings is 1. The van der Waals surface area contributed by atoms with Crippen molar-refractivity contribution in [3.05, 3.63) is 53.6 Å². The highest BCUT2D eigenvalue weighted by Gasteiger charge is 2.42. The molecule has 3 rings (SSSR count). The van der Waals surface area contributed by atoms with Gasteiger partial charge in [-0.05, 0) is 56.5 Å². The van der Waals surface area contributed by atoms with Crippen molar-refractivity contribution in [1.82, 2.24) is 5.32 Å². The van der Waals surface area contributed by atoms with E-state index in [-0.39, 0.29) is 23.8 Å². The van der Waals surface area contributed by atoms with Crippen molar-refractivity contribution in [3.8, 4) is 11.5 Å². The molecule has 1 aliphatic heterocycles. The molecule has 2 aromatic carbocycles. The average molecular weight is 439 g/mol. The molecule has 6 nitrogen and oxygen atoms in total. The van der Waals surface area contributed by atoms with Gasteiger partial charge in [-0.15, -0.1) is 0 Å². The Hall–Kier alpha value is -3.02. The molecule has 0 saturated carbocycles. The Morgan fingerprint density at radius 2 is 1.81 bits per heavy atom. The smallest absolute Gasteiger partial charge is 0.227 e. The van der Waals surface area contributed by atoms with Gasteiger partial charge in [0.25, 0.3) is 0 Å². The zero-order chi connectivity index (χ0) is 23.3. The molecule has 0 spiro atoms. The lowest BCUT2D eigenvalue weighted by Gasteiger charge is -2.41. The number of amides is 2. The van der Waals surface area contributed by atoms with Gasteiger partial charge in [-0.1, -0.05) is 37.1 Å². The molecular weight excluding hydrogens is 404 g/mol. The van der Waals surface area contributed by atoms with Gasteiger partial charge in [-0.25, -0.2) is 0 Å². The first kappa shape index (κ1) is 23.6. The van der Waals surface area contributed by atoms with Crippen LogP contribution in [0.5, 0.6) is 11.5 Å². The molecule has 172 valence electrons. The van der Waals surface area contributed by atoms with E-state index in [0.717, 1.165) is 29.7 Å². The molecule has 3 atom stereocenters. The quantitative estimate of drug-likeness (QED) is 0.643. The fraction of sp³-hybridized carbons (Fsp3) is 0.462. The number of ether oxygens (including phenoxy) is 2. The lowest BCUT2D eigenvalue weighted by atomic mass is 9.82. The zero-order valence-corrected chi connectivity index (χ0v) is 19.7. The number of methoxy groups -OCH3 is 2. The van der Waals surface area contributed by atoms with E-state index in [1.54, 1.807) is 19.1 Å². The number of rotatable bonds is 8. The number of carbonyl (C=O) groups excluding carboxylic acids is 2. The Bertz CT molecular complexity index is 941. The van der Waals surface area contributed by atoms with Crippen LogP contribution in [0, 0.1) is 12.8 Å². The summed E-state index contributed by atoms with van der Waals surface area (Å²) in [5.74, 6) is 0.810. The topological polar surface area (TPSA) is 67.9 Å². The van der Waals surface area contributed by atoms with E-state index in [4.69, 9.17) is 9.47 Å². The molecule has 1 aliphatic rings. The molecule has 0 bridgehead atoms. The maximum atomic E-state index is 13.4. The van der Waals surface area contributed by atoms with Crippen LogP contribution in [0.25, 0.3) is 0 Å². The van der Waals surface area contributed by atoms with E-state index >= 15 is 0 Å². The number of aryl methyl sites for hydroxylation is 1. The highest BCUT2D eigenvalue weighted by Crippen LogP contribution is 2.42. The fourth-order valence-corrected chi connectivity index (χ4v) is 4.45. The molecule has 2 aromatic rings. The summed E-state index contributed by atoms with van der Waals surface area (Å²) in [5, 5.41) is 3.16. The van der Waals surface area contributed by atoms with Gasteiger partial charge in [0, 0.05) is 18.2 Å². The van der Waals surface area contributed by atoms with Crippen molar-refractivity contribution in [2.24, 2.45) is 5.92 Å². The van der Waals surface area contributed by atoms with Gasteiger partial charge >= 0.3 is 0 Å². The lowest BCUT2D eigenvalue weighted by Crippen LogP contribution is -2.49. The fourth-order valence-electron chi connectivity index (χ4n) is 4.45. The van der Waals surface area contributed by atoms with Crippen LogP contribution in [0.4, 0.5) is 5.69 Å². The summed E-state index contributed by atoms with van der Waals surface area (Å²) in [6.45, 7) is 6.14. The number of anilines is 1. The Balaban J connectivity index is 2.07. The van der Waals surface area contributed by atoms with Gasteiger partial charge in [-0.3, -0.25) is 9.59 Å². The number of benzene rings is 2. The van der Waals surface area contributed by atoms with Crippen LogP contribution in [-0.4, -0.2) is 32.1 Å². The van der Waals surface area contributed by atoms with Crippen LogP contribution >= 0.6 is 0 Å². The lowest BCUT2D eigenvalue weighted by molar-refractivity contribution is -0.129. The molecule has 0 radical (unpaired) electrons. The molecule has 32 heavy (non-hydrogen) atoms. The first-order chi connectivity index (χ1) is 15.4. The number of hydrogen-bond acceptors (Lipinski definition) is 4. The first-order valence-electron chi connectivity index (χ1n) is 11.3. The summed E-state index contributed by atoms with van der Waals surface area (Å²) in [6.07, 6.45) is 2.75. The van der Waals surface area contributed by atoms with Gasteiger partial charge in [0.2, 0.25) is 11.8 Å². The van der Waals surface area contributed by atoms with Crippen molar-refractivity contribution >= 4 is 17.5 Å². The second kappa shape index (κ2) is 10.5. The predicted octanol–water partition coefficient (Wildman–Crippen LogP) is 4.80. The molecule has 6 heteroatoms. The summed E-state index contributed by atoms with van der Waals surface area (Å²) in [4.78, 5) is 28.3. The largest absolute Gasteiger partial charge is 0.493 e. The van der Waals surface area contributed by atoms with E-state index in [1.807, 2.05) is 56.3 Å². The van der Waals surface area contributed by atoms with Crippen molar-refractivity contribution < 1.29 is 19.1 Å². The molecule has 1 N–H and O–H groups in total. The molecule has 0 aliphatic carbocycles. The normalized spacial score (nSPS) is 19.4.